The second kappa shape index (κ2) is 3.33. The third-order valence-electron chi connectivity index (χ3n) is 1.87. The van der Waals surface area contributed by atoms with Crippen molar-refractivity contribution in [2.75, 3.05) is 0 Å². The van der Waals surface area contributed by atoms with Crippen molar-refractivity contribution in [2.24, 2.45) is 5.16 Å². The van der Waals surface area contributed by atoms with Crippen LogP contribution in [0.5, 0.6) is 0 Å². The molecule has 4 heteroatoms. The molecule has 0 atom stereocenters. The zero-order chi connectivity index (χ0) is 9.97. The summed E-state index contributed by atoms with van der Waals surface area (Å²) in [7, 11) is 0. The van der Waals surface area contributed by atoms with E-state index >= 15 is 0 Å². The van der Waals surface area contributed by atoms with E-state index in [0.29, 0.717) is 12.0 Å². The average molecular weight is 189 g/mol. The largest absolute Gasteiger partial charge is 0.515 e. The topological polar surface area (TPSA) is 58.9 Å². The van der Waals surface area contributed by atoms with Crippen molar-refractivity contribution in [1.29, 1.82) is 0 Å². The molecule has 2 rings (SSSR count). The lowest BCUT2D eigenvalue weighted by atomic mass is 10.0. The first-order valence-electron chi connectivity index (χ1n) is 4.02. The quantitative estimate of drug-likeness (QED) is 0.412. The molecule has 0 saturated heterocycles. The Labute approximate surface area is 80.1 Å². The predicted molar refractivity (Wildman–Crippen MR) is 49.8 cm³/mol. The minimum atomic E-state index is -0.633. The highest BCUT2D eigenvalue weighted by Gasteiger charge is 2.26. The Hall–Kier alpha value is -2.10. The van der Waals surface area contributed by atoms with Gasteiger partial charge in [-0.2, -0.15) is 0 Å². The highest BCUT2D eigenvalue weighted by molar-refractivity contribution is 6.28. The molecule has 0 fully saturated rings. The van der Waals surface area contributed by atoms with Crippen molar-refractivity contribution in [3.63, 3.8) is 0 Å². The molecule has 1 aromatic carbocycles. The van der Waals surface area contributed by atoms with Gasteiger partial charge in [-0.25, -0.2) is 4.79 Å². The zero-order valence-corrected chi connectivity index (χ0v) is 7.18. The maximum absolute atomic E-state index is 11.0. The summed E-state index contributed by atoms with van der Waals surface area (Å²) in [5.41, 5.74) is 1.17. The molecule has 0 unspecified atom stereocenters. The minimum Gasteiger partial charge on any atom is -0.515 e. The number of hydrogen-bond donors (Lipinski definition) is 1. The Bertz CT molecular complexity index is 420. The molecule has 0 aliphatic carbocycles. The lowest BCUT2D eigenvalue weighted by Crippen LogP contribution is -2.06. The molecule has 0 radical (unpaired) electrons. The van der Waals surface area contributed by atoms with Crippen LogP contribution in [-0.2, 0) is 9.63 Å². The molecule has 0 spiro atoms. The molecule has 1 N–H and O–H groups in total. The van der Waals surface area contributed by atoms with Crippen LogP contribution in [0.1, 0.15) is 5.56 Å². The molecule has 1 aromatic rings. The van der Waals surface area contributed by atoms with Crippen LogP contribution in [0.15, 0.2) is 47.3 Å². The van der Waals surface area contributed by atoms with Gasteiger partial charge in [-0.15, -0.1) is 0 Å². The molecule has 1 heterocycles. The fourth-order valence-corrected chi connectivity index (χ4v) is 1.20. The summed E-state index contributed by atoms with van der Waals surface area (Å²) in [6.45, 7) is 0. The average Bonchev–Trinajstić information content (AvgIpc) is 2.61. The summed E-state index contributed by atoms with van der Waals surface area (Å²) in [5.74, 6) is -0.633. The fraction of sp³-hybridized carbons (Fsp3) is 0. The third-order valence-corrected chi connectivity index (χ3v) is 1.87. The van der Waals surface area contributed by atoms with Crippen molar-refractivity contribution >= 4 is 11.7 Å². The summed E-state index contributed by atoms with van der Waals surface area (Å²) in [5, 5.41) is 12.4. The zero-order valence-electron chi connectivity index (χ0n) is 7.18. The number of oxime groups is 1. The van der Waals surface area contributed by atoms with Gasteiger partial charge >= 0.3 is 5.97 Å². The first-order chi connectivity index (χ1) is 6.83. The van der Waals surface area contributed by atoms with E-state index in [4.69, 9.17) is 5.11 Å². The second-order valence-corrected chi connectivity index (χ2v) is 2.73. The van der Waals surface area contributed by atoms with Crippen LogP contribution in [0.4, 0.5) is 0 Å². The summed E-state index contributed by atoms with van der Waals surface area (Å²) in [6.07, 6.45) is 0.709. The number of hydrogen-bond acceptors (Lipinski definition) is 4. The van der Waals surface area contributed by atoms with Crippen molar-refractivity contribution in [1.82, 2.24) is 0 Å². The molecule has 4 nitrogen and oxygen atoms in total. The van der Waals surface area contributed by atoms with E-state index in [9.17, 15) is 4.79 Å². The molecule has 0 bridgehead atoms. The van der Waals surface area contributed by atoms with Gasteiger partial charge in [0.15, 0.2) is 0 Å². The first-order valence-corrected chi connectivity index (χ1v) is 4.02. The van der Waals surface area contributed by atoms with E-state index in [1.54, 1.807) is 12.1 Å². The Morgan fingerprint density at radius 3 is 2.64 bits per heavy atom. The minimum absolute atomic E-state index is 0.0798. The van der Waals surface area contributed by atoms with Crippen LogP contribution >= 0.6 is 0 Å². The Morgan fingerprint density at radius 2 is 2.00 bits per heavy atom. The molecule has 0 amide bonds. The van der Waals surface area contributed by atoms with Gasteiger partial charge in [0.25, 0.3) is 0 Å². The van der Waals surface area contributed by atoms with Crippen LogP contribution in [-0.4, -0.2) is 16.8 Å². The Morgan fingerprint density at radius 1 is 1.29 bits per heavy atom. The highest BCUT2D eigenvalue weighted by atomic mass is 16.7. The van der Waals surface area contributed by atoms with Gasteiger partial charge in [0, 0.05) is 5.56 Å². The summed E-state index contributed by atoms with van der Waals surface area (Å²) in [4.78, 5) is 15.5. The monoisotopic (exact) mass is 189 g/mol. The normalized spacial score (nSPS) is 18.1. The van der Waals surface area contributed by atoms with Crippen molar-refractivity contribution in [3.05, 3.63) is 47.7 Å². The molecule has 14 heavy (non-hydrogen) atoms. The van der Waals surface area contributed by atoms with Gasteiger partial charge in [0.2, 0.25) is 0 Å². The third kappa shape index (κ3) is 1.26. The van der Waals surface area contributed by atoms with E-state index in [1.807, 2.05) is 18.2 Å². The maximum atomic E-state index is 11.0. The number of rotatable bonds is 1. The Kier molecular flexibility index (Phi) is 2.02. The number of benzene rings is 1. The van der Waals surface area contributed by atoms with E-state index in [2.05, 4.69) is 9.99 Å². The molecule has 1 aliphatic heterocycles. The lowest BCUT2D eigenvalue weighted by molar-refractivity contribution is -0.136. The summed E-state index contributed by atoms with van der Waals surface area (Å²) in [6, 6.07) is 9.05. The van der Waals surface area contributed by atoms with Crippen LogP contribution in [0.25, 0.3) is 0 Å². The van der Waals surface area contributed by atoms with Crippen LogP contribution < -0.4 is 0 Å². The fourth-order valence-electron chi connectivity index (χ4n) is 1.20. The molecule has 0 saturated carbocycles. The van der Waals surface area contributed by atoms with Crippen LogP contribution in [0.3, 0.4) is 0 Å². The summed E-state index contributed by atoms with van der Waals surface area (Å²) < 4.78 is 0. The van der Waals surface area contributed by atoms with Gasteiger partial charge < -0.3 is 9.94 Å². The SMILES string of the molecule is O=C1ON=C(c2ccccc2)/C1=C/O. The Balaban J connectivity index is 2.42. The van der Waals surface area contributed by atoms with Gasteiger partial charge in [0.05, 0.1) is 6.26 Å². The molecule has 1 aliphatic rings. The first kappa shape index (κ1) is 8.50. The predicted octanol–water partition coefficient (Wildman–Crippen LogP) is 1.39. The maximum Gasteiger partial charge on any atom is 0.371 e. The summed E-state index contributed by atoms with van der Waals surface area (Å²) >= 11 is 0. The van der Waals surface area contributed by atoms with Gasteiger partial charge in [-0.3, -0.25) is 0 Å². The van der Waals surface area contributed by atoms with Gasteiger partial charge in [0.1, 0.15) is 11.3 Å². The van der Waals surface area contributed by atoms with E-state index in [1.165, 1.54) is 0 Å². The van der Waals surface area contributed by atoms with E-state index in [-0.39, 0.29) is 5.57 Å². The molecular weight excluding hydrogens is 182 g/mol. The van der Waals surface area contributed by atoms with Crippen molar-refractivity contribution < 1.29 is 14.7 Å². The van der Waals surface area contributed by atoms with Crippen molar-refractivity contribution in [3.8, 4) is 0 Å². The highest BCUT2D eigenvalue weighted by Crippen LogP contribution is 2.16. The van der Waals surface area contributed by atoms with E-state index < -0.39 is 5.97 Å². The van der Waals surface area contributed by atoms with Crippen LogP contribution in [0.2, 0.25) is 0 Å². The number of nitrogens with zero attached hydrogens (tertiary/aromatic N) is 1. The van der Waals surface area contributed by atoms with Crippen LogP contribution in [0, 0.1) is 0 Å². The standard InChI is InChI=1S/C10H7NO3/c12-6-8-9(11-14-10(8)13)7-4-2-1-3-5-7/h1-6,12H/b8-6-. The number of aliphatic hydroxyl groups is 1. The second-order valence-electron chi connectivity index (χ2n) is 2.73. The van der Waals surface area contributed by atoms with Gasteiger partial charge in [-0.05, 0) is 0 Å². The molecule has 0 aromatic heterocycles. The van der Waals surface area contributed by atoms with Crippen molar-refractivity contribution in [2.45, 2.75) is 0 Å². The van der Waals surface area contributed by atoms with E-state index in [0.717, 1.165) is 5.56 Å². The number of carbonyl (C=O) groups excluding carboxylic acids is 1. The molecule has 70 valence electrons. The lowest BCUT2D eigenvalue weighted by Gasteiger charge is -1.96. The van der Waals surface area contributed by atoms with Gasteiger partial charge in [-0.1, -0.05) is 35.5 Å². The number of aliphatic hydroxyl groups excluding tert-OH is 1. The smallest absolute Gasteiger partial charge is 0.371 e. The molecular formula is C10H7NO3. The number of carbonyl (C=O) groups is 1.